The van der Waals surface area contributed by atoms with Crippen molar-refractivity contribution >= 4 is 10.1 Å². The Balaban J connectivity index is 2.69. The SMILES string of the molecule is C=CC(OC)OS(=O)(=O)Cc1ccccc1. The van der Waals surface area contributed by atoms with Gasteiger partial charge in [0.2, 0.25) is 0 Å². The molecule has 0 heterocycles. The molecule has 0 amide bonds. The van der Waals surface area contributed by atoms with E-state index in [1.54, 1.807) is 24.3 Å². The van der Waals surface area contributed by atoms with Crippen molar-refractivity contribution in [3.8, 4) is 0 Å². The van der Waals surface area contributed by atoms with Gasteiger partial charge in [-0.1, -0.05) is 36.9 Å². The van der Waals surface area contributed by atoms with Crippen LogP contribution in [0.4, 0.5) is 0 Å². The highest BCUT2D eigenvalue weighted by molar-refractivity contribution is 7.85. The fraction of sp³-hybridized carbons (Fsp3) is 0.273. The monoisotopic (exact) mass is 242 g/mol. The second kappa shape index (κ2) is 5.79. The molecule has 5 heteroatoms. The molecule has 0 spiro atoms. The number of ether oxygens (including phenoxy) is 1. The lowest BCUT2D eigenvalue weighted by Gasteiger charge is -2.11. The van der Waals surface area contributed by atoms with Crippen LogP contribution in [0.3, 0.4) is 0 Å². The van der Waals surface area contributed by atoms with Crippen molar-refractivity contribution in [3.05, 3.63) is 48.6 Å². The van der Waals surface area contributed by atoms with E-state index in [2.05, 4.69) is 6.58 Å². The number of hydrogen-bond acceptors (Lipinski definition) is 4. The van der Waals surface area contributed by atoms with Crippen molar-refractivity contribution in [2.45, 2.75) is 12.0 Å². The number of hydrogen-bond donors (Lipinski definition) is 0. The molecule has 0 fully saturated rings. The van der Waals surface area contributed by atoms with E-state index in [0.717, 1.165) is 0 Å². The standard InChI is InChI=1S/C11H14O4S/c1-3-11(14-2)15-16(12,13)9-10-7-5-4-6-8-10/h3-8,11H,1,9H2,2H3. The lowest BCUT2D eigenvalue weighted by Crippen LogP contribution is -2.19. The van der Waals surface area contributed by atoms with Crippen LogP contribution in [0.1, 0.15) is 5.56 Å². The normalized spacial score (nSPS) is 13.3. The Morgan fingerprint density at radius 1 is 1.38 bits per heavy atom. The Bertz CT molecular complexity index is 425. The third kappa shape index (κ3) is 4.14. The number of rotatable bonds is 6. The van der Waals surface area contributed by atoms with E-state index in [1.807, 2.05) is 6.07 Å². The quantitative estimate of drug-likeness (QED) is 0.433. The summed E-state index contributed by atoms with van der Waals surface area (Å²) < 4.78 is 32.7. The molecule has 16 heavy (non-hydrogen) atoms. The van der Waals surface area contributed by atoms with Gasteiger partial charge in [-0.15, -0.1) is 0 Å². The smallest absolute Gasteiger partial charge is 0.274 e. The van der Waals surface area contributed by atoms with E-state index < -0.39 is 16.4 Å². The van der Waals surface area contributed by atoms with Gasteiger partial charge in [-0.25, -0.2) is 4.18 Å². The fourth-order valence-corrected chi connectivity index (χ4v) is 2.25. The fourth-order valence-electron chi connectivity index (χ4n) is 1.13. The summed E-state index contributed by atoms with van der Waals surface area (Å²) in [7, 11) is -2.30. The zero-order valence-corrected chi connectivity index (χ0v) is 9.81. The van der Waals surface area contributed by atoms with Crippen LogP contribution in [0, 0.1) is 0 Å². The Hall–Kier alpha value is -1.17. The maximum Gasteiger partial charge on any atom is 0.274 e. The van der Waals surface area contributed by atoms with E-state index in [0.29, 0.717) is 5.56 Å². The summed E-state index contributed by atoms with van der Waals surface area (Å²) >= 11 is 0. The van der Waals surface area contributed by atoms with Crippen LogP contribution in [0.15, 0.2) is 43.0 Å². The second-order valence-corrected chi connectivity index (χ2v) is 4.72. The van der Waals surface area contributed by atoms with E-state index in [4.69, 9.17) is 8.92 Å². The third-order valence-electron chi connectivity index (χ3n) is 1.85. The summed E-state index contributed by atoms with van der Waals surface area (Å²) in [6, 6.07) is 8.80. The Kier molecular flexibility index (Phi) is 4.67. The Labute approximate surface area is 95.6 Å². The molecule has 0 aliphatic heterocycles. The molecule has 88 valence electrons. The minimum atomic E-state index is -3.65. The molecule has 1 unspecified atom stereocenters. The average Bonchev–Trinajstić information content (AvgIpc) is 2.26. The molecule has 1 aromatic carbocycles. The lowest BCUT2D eigenvalue weighted by atomic mass is 10.2. The van der Waals surface area contributed by atoms with Gasteiger partial charge >= 0.3 is 0 Å². The first-order valence-corrected chi connectivity index (χ1v) is 6.25. The zero-order chi connectivity index (χ0) is 12.0. The highest BCUT2D eigenvalue weighted by atomic mass is 32.2. The second-order valence-electron chi connectivity index (χ2n) is 3.12. The van der Waals surface area contributed by atoms with Crippen LogP contribution in [0.25, 0.3) is 0 Å². The van der Waals surface area contributed by atoms with Crippen LogP contribution in [-0.4, -0.2) is 21.8 Å². The van der Waals surface area contributed by atoms with Crippen LogP contribution in [0.2, 0.25) is 0 Å². The van der Waals surface area contributed by atoms with Gasteiger partial charge in [-0.3, -0.25) is 0 Å². The van der Waals surface area contributed by atoms with E-state index in [1.165, 1.54) is 13.2 Å². The van der Waals surface area contributed by atoms with Crippen LogP contribution in [-0.2, 0) is 24.8 Å². The molecule has 0 aromatic heterocycles. The van der Waals surface area contributed by atoms with Crippen molar-refractivity contribution in [3.63, 3.8) is 0 Å². The van der Waals surface area contributed by atoms with E-state index in [9.17, 15) is 8.42 Å². The van der Waals surface area contributed by atoms with Crippen LogP contribution in [0.5, 0.6) is 0 Å². The van der Waals surface area contributed by atoms with Crippen molar-refractivity contribution < 1.29 is 17.3 Å². The molecule has 0 radical (unpaired) electrons. The summed E-state index contributed by atoms with van der Waals surface area (Å²) in [5.41, 5.74) is 0.668. The van der Waals surface area contributed by atoms with Crippen molar-refractivity contribution in [1.29, 1.82) is 0 Å². The molecule has 1 atom stereocenters. The molecule has 1 aromatic rings. The number of benzene rings is 1. The minimum Gasteiger partial charge on any atom is -0.351 e. The van der Waals surface area contributed by atoms with Crippen LogP contribution < -0.4 is 0 Å². The molecule has 0 aliphatic rings. The average molecular weight is 242 g/mol. The van der Waals surface area contributed by atoms with Crippen molar-refractivity contribution in [2.24, 2.45) is 0 Å². The molecule has 0 saturated heterocycles. The summed E-state index contributed by atoms with van der Waals surface area (Å²) in [5.74, 6) is -0.179. The van der Waals surface area contributed by atoms with Crippen molar-refractivity contribution in [1.82, 2.24) is 0 Å². The Morgan fingerprint density at radius 3 is 2.50 bits per heavy atom. The van der Waals surface area contributed by atoms with Gasteiger partial charge in [0.05, 0.1) is 0 Å². The van der Waals surface area contributed by atoms with E-state index >= 15 is 0 Å². The first kappa shape index (κ1) is 12.9. The highest BCUT2D eigenvalue weighted by Gasteiger charge is 2.17. The molecule has 0 bridgehead atoms. The predicted octanol–water partition coefficient (Wildman–Crippen LogP) is 1.69. The largest absolute Gasteiger partial charge is 0.351 e. The third-order valence-corrected chi connectivity index (χ3v) is 3.02. The maximum atomic E-state index is 11.6. The van der Waals surface area contributed by atoms with Gasteiger partial charge < -0.3 is 4.74 Å². The van der Waals surface area contributed by atoms with Gasteiger partial charge in [0.1, 0.15) is 5.75 Å². The molecule has 1 rings (SSSR count). The van der Waals surface area contributed by atoms with Gasteiger partial charge in [-0.2, -0.15) is 8.42 Å². The summed E-state index contributed by atoms with van der Waals surface area (Å²) in [6.07, 6.45) is 0.344. The zero-order valence-electron chi connectivity index (χ0n) is 9.00. The molecular weight excluding hydrogens is 228 g/mol. The minimum absolute atomic E-state index is 0.179. The summed E-state index contributed by atoms with van der Waals surface area (Å²) in [4.78, 5) is 0. The highest BCUT2D eigenvalue weighted by Crippen LogP contribution is 2.10. The molecule has 4 nitrogen and oxygen atoms in total. The summed E-state index contributed by atoms with van der Waals surface area (Å²) in [5, 5.41) is 0. The van der Waals surface area contributed by atoms with Crippen LogP contribution >= 0.6 is 0 Å². The predicted molar refractivity (Wildman–Crippen MR) is 61.1 cm³/mol. The molecule has 0 aliphatic carbocycles. The van der Waals surface area contributed by atoms with Crippen molar-refractivity contribution in [2.75, 3.05) is 7.11 Å². The molecular formula is C11H14O4S. The molecule has 0 N–H and O–H groups in total. The first-order chi connectivity index (χ1) is 7.57. The van der Waals surface area contributed by atoms with Gasteiger partial charge in [-0.05, 0) is 11.6 Å². The Morgan fingerprint density at radius 2 is 2.00 bits per heavy atom. The maximum absolute atomic E-state index is 11.6. The molecule has 0 saturated carbocycles. The number of methoxy groups -OCH3 is 1. The van der Waals surface area contributed by atoms with Gasteiger partial charge in [0.15, 0.2) is 6.29 Å². The first-order valence-electron chi connectivity index (χ1n) is 4.67. The van der Waals surface area contributed by atoms with E-state index in [-0.39, 0.29) is 5.75 Å². The lowest BCUT2D eigenvalue weighted by molar-refractivity contribution is -0.0108. The summed E-state index contributed by atoms with van der Waals surface area (Å²) in [6.45, 7) is 3.41. The topological polar surface area (TPSA) is 52.6 Å². The van der Waals surface area contributed by atoms with Gasteiger partial charge in [0.25, 0.3) is 10.1 Å². The van der Waals surface area contributed by atoms with Gasteiger partial charge in [0, 0.05) is 7.11 Å².